The molecule has 4 heteroatoms. The zero-order valence-electron chi connectivity index (χ0n) is 12.4. The Labute approximate surface area is 130 Å². The van der Waals surface area contributed by atoms with Gasteiger partial charge in [0.25, 0.3) is 0 Å². The van der Waals surface area contributed by atoms with Crippen LogP contribution in [0, 0.1) is 18.2 Å². The van der Waals surface area contributed by atoms with E-state index in [0.717, 1.165) is 11.3 Å². The highest BCUT2D eigenvalue weighted by Gasteiger charge is 2.06. The summed E-state index contributed by atoms with van der Waals surface area (Å²) < 4.78 is 23.9. The van der Waals surface area contributed by atoms with E-state index < -0.39 is 0 Å². The molecular formula is C18H18FNO2. The molecule has 0 spiro atoms. The predicted molar refractivity (Wildman–Crippen MR) is 85.7 cm³/mol. The summed E-state index contributed by atoms with van der Waals surface area (Å²) in [6.45, 7) is 3.25. The molecule has 0 aliphatic rings. The van der Waals surface area contributed by atoms with Crippen molar-refractivity contribution < 1.29 is 13.9 Å². The molecule has 0 atom stereocenters. The SMILES string of the molecule is C#CCOc1ccc(CNc2ccc(F)cc2)cc1OCC. The van der Waals surface area contributed by atoms with Crippen molar-refractivity contribution >= 4 is 5.69 Å². The molecule has 0 unspecified atom stereocenters. The first-order chi connectivity index (χ1) is 10.7. The van der Waals surface area contributed by atoms with Gasteiger partial charge < -0.3 is 14.8 Å². The fraction of sp³-hybridized carbons (Fsp3) is 0.222. The van der Waals surface area contributed by atoms with Gasteiger partial charge in [0.05, 0.1) is 6.61 Å². The lowest BCUT2D eigenvalue weighted by Gasteiger charge is -2.13. The predicted octanol–water partition coefficient (Wildman–Crippen LogP) is 3.85. The highest BCUT2D eigenvalue weighted by atomic mass is 19.1. The van der Waals surface area contributed by atoms with Crippen molar-refractivity contribution in [3.63, 3.8) is 0 Å². The van der Waals surface area contributed by atoms with Crippen LogP contribution < -0.4 is 14.8 Å². The summed E-state index contributed by atoms with van der Waals surface area (Å²) in [6, 6.07) is 11.9. The van der Waals surface area contributed by atoms with E-state index in [1.807, 2.05) is 25.1 Å². The van der Waals surface area contributed by atoms with Gasteiger partial charge in [0.1, 0.15) is 12.4 Å². The van der Waals surface area contributed by atoms with E-state index in [-0.39, 0.29) is 12.4 Å². The Bertz CT molecular complexity index is 647. The van der Waals surface area contributed by atoms with Crippen molar-refractivity contribution in [1.29, 1.82) is 0 Å². The fourth-order valence-electron chi connectivity index (χ4n) is 1.94. The molecule has 0 saturated carbocycles. The van der Waals surface area contributed by atoms with Crippen LogP contribution in [0.5, 0.6) is 11.5 Å². The van der Waals surface area contributed by atoms with Crippen LogP contribution in [0.25, 0.3) is 0 Å². The lowest BCUT2D eigenvalue weighted by molar-refractivity contribution is 0.299. The molecule has 1 N–H and O–H groups in total. The molecule has 0 fully saturated rings. The van der Waals surface area contributed by atoms with Gasteiger partial charge in [-0.05, 0) is 48.9 Å². The molecule has 2 aromatic carbocycles. The molecule has 0 bridgehead atoms. The number of rotatable bonds is 7. The van der Waals surface area contributed by atoms with Crippen LogP contribution in [0.15, 0.2) is 42.5 Å². The summed E-state index contributed by atoms with van der Waals surface area (Å²) in [5.41, 5.74) is 1.88. The zero-order chi connectivity index (χ0) is 15.8. The Balaban J connectivity index is 2.05. The molecule has 0 amide bonds. The highest BCUT2D eigenvalue weighted by Crippen LogP contribution is 2.28. The summed E-state index contributed by atoms with van der Waals surface area (Å²) in [7, 11) is 0. The normalized spacial score (nSPS) is 9.86. The number of anilines is 1. The second-order valence-electron chi connectivity index (χ2n) is 4.57. The minimum atomic E-state index is -0.251. The van der Waals surface area contributed by atoms with E-state index in [9.17, 15) is 4.39 Å². The van der Waals surface area contributed by atoms with Gasteiger partial charge >= 0.3 is 0 Å². The molecule has 114 valence electrons. The van der Waals surface area contributed by atoms with E-state index in [2.05, 4.69) is 11.2 Å². The summed E-state index contributed by atoms with van der Waals surface area (Å²) >= 11 is 0. The number of hydrogen-bond acceptors (Lipinski definition) is 3. The Morgan fingerprint density at radius 1 is 1.09 bits per heavy atom. The van der Waals surface area contributed by atoms with Crippen LogP contribution in [0.1, 0.15) is 12.5 Å². The Kier molecular flexibility index (Phi) is 5.67. The Hall–Kier alpha value is -2.67. The van der Waals surface area contributed by atoms with Crippen LogP contribution in [-0.4, -0.2) is 13.2 Å². The third-order valence-electron chi connectivity index (χ3n) is 2.96. The second kappa shape index (κ2) is 7.94. The average molecular weight is 299 g/mol. The topological polar surface area (TPSA) is 30.5 Å². The van der Waals surface area contributed by atoms with Crippen molar-refractivity contribution in [3.8, 4) is 23.8 Å². The molecule has 22 heavy (non-hydrogen) atoms. The van der Waals surface area contributed by atoms with Crippen LogP contribution >= 0.6 is 0 Å². The summed E-state index contributed by atoms with van der Waals surface area (Å²) in [4.78, 5) is 0. The van der Waals surface area contributed by atoms with Gasteiger partial charge in [-0.1, -0.05) is 12.0 Å². The Morgan fingerprint density at radius 2 is 1.86 bits per heavy atom. The first kappa shape index (κ1) is 15.7. The first-order valence-corrected chi connectivity index (χ1v) is 7.04. The lowest BCUT2D eigenvalue weighted by Crippen LogP contribution is -2.03. The number of hydrogen-bond donors (Lipinski definition) is 1. The van der Waals surface area contributed by atoms with Gasteiger partial charge in [-0.3, -0.25) is 0 Å². The van der Waals surface area contributed by atoms with Crippen molar-refractivity contribution in [1.82, 2.24) is 0 Å². The van der Waals surface area contributed by atoms with Crippen molar-refractivity contribution in [3.05, 3.63) is 53.8 Å². The van der Waals surface area contributed by atoms with Crippen LogP contribution in [0.4, 0.5) is 10.1 Å². The fourth-order valence-corrected chi connectivity index (χ4v) is 1.94. The molecular weight excluding hydrogens is 281 g/mol. The number of benzene rings is 2. The third kappa shape index (κ3) is 4.42. The molecule has 0 radical (unpaired) electrons. The van der Waals surface area contributed by atoms with E-state index in [0.29, 0.717) is 24.7 Å². The lowest BCUT2D eigenvalue weighted by atomic mass is 10.2. The maximum absolute atomic E-state index is 12.9. The van der Waals surface area contributed by atoms with Crippen molar-refractivity contribution in [2.45, 2.75) is 13.5 Å². The minimum absolute atomic E-state index is 0.202. The molecule has 0 aliphatic heterocycles. The second-order valence-corrected chi connectivity index (χ2v) is 4.57. The number of terminal acetylenes is 1. The first-order valence-electron chi connectivity index (χ1n) is 7.04. The third-order valence-corrected chi connectivity index (χ3v) is 2.96. The van der Waals surface area contributed by atoms with Gasteiger partial charge in [-0.25, -0.2) is 4.39 Å². The summed E-state index contributed by atoms with van der Waals surface area (Å²) in [6.07, 6.45) is 5.20. The summed E-state index contributed by atoms with van der Waals surface area (Å²) in [5, 5.41) is 3.22. The molecule has 0 aromatic heterocycles. The molecule has 0 heterocycles. The zero-order valence-corrected chi connectivity index (χ0v) is 12.4. The molecule has 2 rings (SSSR count). The van der Waals surface area contributed by atoms with Gasteiger partial charge in [0.15, 0.2) is 11.5 Å². The minimum Gasteiger partial charge on any atom is -0.490 e. The van der Waals surface area contributed by atoms with Crippen LogP contribution in [0.2, 0.25) is 0 Å². The van der Waals surface area contributed by atoms with Gasteiger partial charge in [0.2, 0.25) is 0 Å². The number of ether oxygens (including phenoxy) is 2. The smallest absolute Gasteiger partial charge is 0.162 e. The van der Waals surface area contributed by atoms with Crippen LogP contribution in [-0.2, 0) is 6.54 Å². The monoisotopic (exact) mass is 299 g/mol. The quantitative estimate of drug-likeness (QED) is 0.788. The van der Waals surface area contributed by atoms with Crippen LogP contribution in [0.3, 0.4) is 0 Å². The van der Waals surface area contributed by atoms with E-state index >= 15 is 0 Å². The summed E-state index contributed by atoms with van der Waals surface area (Å²) in [5.74, 6) is 3.47. The molecule has 0 aliphatic carbocycles. The number of nitrogens with one attached hydrogen (secondary N) is 1. The van der Waals surface area contributed by atoms with Crippen molar-refractivity contribution in [2.24, 2.45) is 0 Å². The van der Waals surface area contributed by atoms with E-state index in [1.165, 1.54) is 12.1 Å². The standard InChI is InChI=1S/C18H18FNO2/c1-3-11-22-17-10-5-14(12-18(17)21-4-2)13-20-16-8-6-15(19)7-9-16/h1,5-10,12,20H,4,11,13H2,2H3. The molecule has 0 saturated heterocycles. The van der Waals surface area contributed by atoms with Gasteiger partial charge in [0, 0.05) is 12.2 Å². The molecule has 2 aromatic rings. The molecule has 3 nitrogen and oxygen atoms in total. The average Bonchev–Trinajstić information content (AvgIpc) is 2.54. The maximum Gasteiger partial charge on any atom is 0.162 e. The largest absolute Gasteiger partial charge is 0.490 e. The highest BCUT2D eigenvalue weighted by molar-refractivity contribution is 5.47. The van der Waals surface area contributed by atoms with E-state index in [4.69, 9.17) is 15.9 Å². The van der Waals surface area contributed by atoms with E-state index in [1.54, 1.807) is 12.1 Å². The Morgan fingerprint density at radius 3 is 2.55 bits per heavy atom. The maximum atomic E-state index is 12.9. The van der Waals surface area contributed by atoms with Gasteiger partial charge in [-0.2, -0.15) is 0 Å². The van der Waals surface area contributed by atoms with Crippen molar-refractivity contribution in [2.75, 3.05) is 18.5 Å². The number of halogens is 1. The van der Waals surface area contributed by atoms with Gasteiger partial charge in [-0.15, -0.1) is 6.42 Å².